The van der Waals surface area contributed by atoms with Crippen molar-refractivity contribution in [2.75, 3.05) is 7.11 Å². The first-order valence-corrected chi connectivity index (χ1v) is 5.75. The van der Waals surface area contributed by atoms with Gasteiger partial charge in [-0.1, -0.05) is 29.8 Å². The van der Waals surface area contributed by atoms with E-state index >= 15 is 0 Å². The number of rotatable bonds is 3. The van der Waals surface area contributed by atoms with E-state index < -0.39 is 0 Å². The molecule has 0 aliphatic rings. The fourth-order valence-corrected chi connectivity index (χ4v) is 1.98. The number of ether oxygens (including phenoxy) is 1. The van der Waals surface area contributed by atoms with Gasteiger partial charge in [0.1, 0.15) is 5.75 Å². The van der Waals surface area contributed by atoms with Gasteiger partial charge in [-0.3, -0.25) is 0 Å². The minimum absolute atomic E-state index is 0. The van der Waals surface area contributed by atoms with E-state index in [9.17, 15) is 0 Å². The lowest BCUT2D eigenvalue weighted by molar-refractivity contribution is 0.410. The van der Waals surface area contributed by atoms with Crippen molar-refractivity contribution in [3.8, 4) is 16.9 Å². The van der Waals surface area contributed by atoms with Crippen molar-refractivity contribution in [2.45, 2.75) is 6.54 Å². The molecule has 0 fully saturated rings. The summed E-state index contributed by atoms with van der Waals surface area (Å²) in [6, 6.07) is 13.7. The molecule has 96 valence electrons. The maximum Gasteiger partial charge on any atom is 0.123 e. The lowest BCUT2D eigenvalue weighted by Gasteiger charge is -2.09. The first-order chi connectivity index (χ1) is 8.24. The van der Waals surface area contributed by atoms with Gasteiger partial charge >= 0.3 is 0 Å². The summed E-state index contributed by atoms with van der Waals surface area (Å²) in [4.78, 5) is 0. The number of hydrogen-bond donors (Lipinski definition) is 1. The standard InChI is InChI=1S/C14H14ClNO.ClH/c1-17-14-6-5-11(7-12(14)9-16)10-3-2-4-13(15)8-10;/h2-8H,9,16H2,1H3;1H. The van der Waals surface area contributed by atoms with Gasteiger partial charge in [-0.2, -0.15) is 0 Å². The summed E-state index contributed by atoms with van der Waals surface area (Å²) in [5.74, 6) is 0.818. The Balaban J connectivity index is 0.00000162. The Morgan fingerprint density at radius 2 is 1.83 bits per heavy atom. The third kappa shape index (κ3) is 3.16. The molecule has 0 aromatic heterocycles. The van der Waals surface area contributed by atoms with Crippen LogP contribution in [-0.4, -0.2) is 7.11 Å². The van der Waals surface area contributed by atoms with Crippen molar-refractivity contribution in [3.63, 3.8) is 0 Å². The maximum atomic E-state index is 5.98. The lowest BCUT2D eigenvalue weighted by atomic mass is 10.0. The summed E-state index contributed by atoms with van der Waals surface area (Å²) in [6.07, 6.45) is 0. The number of halogens is 2. The summed E-state index contributed by atoms with van der Waals surface area (Å²) >= 11 is 5.98. The molecule has 2 rings (SSSR count). The second-order valence-corrected chi connectivity index (χ2v) is 4.18. The predicted octanol–water partition coefficient (Wildman–Crippen LogP) is 3.90. The molecule has 0 atom stereocenters. The SMILES string of the molecule is COc1ccc(-c2cccc(Cl)c2)cc1CN.Cl. The average Bonchev–Trinajstić information content (AvgIpc) is 2.38. The van der Waals surface area contributed by atoms with Crippen molar-refractivity contribution in [1.29, 1.82) is 0 Å². The number of benzene rings is 2. The van der Waals surface area contributed by atoms with E-state index in [1.807, 2.05) is 42.5 Å². The molecule has 2 aromatic carbocycles. The highest BCUT2D eigenvalue weighted by Gasteiger charge is 2.04. The predicted molar refractivity (Wildman–Crippen MR) is 78.6 cm³/mol. The Bertz CT molecular complexity index is 529. The van der Waals surface area contributed by atoms with E-state index in [1.54, 1.807) is 7.11 Å². The summed E-state index contributed by atoms with van der Waals surface area (Å²) in [6.45, 7) is 0.456. The van der Waals surface area contributed by atoms with Gasteiger partial charge in [-0.15, -0.1) is 12.4 Å². The summed E-state index contributed by atoms with van der Waals surface area (Å²) in [5.41, 5.74) is 8.86. The van der Waals surface area contributed by atoms with Gasteiger partial charge in [0.2, 0.25) is 0 Å². The molecule has 0 saturated heterocycles. The molecule has 2 nitrogen and oxygen atoms in total. The van der Waals surface area contributed by atoms with E-state index in [1.165, 1.54) is 0 Å². The lowest BCUT2D eigenvalue weighted by Crippen LogP contribution is -2.00. The summed E-state index contributed by atoms with van der Waals surface area (Å²) in [7, 11) is 1.65. The Kier molecular flexibility index (Phi) is 5.48. The fraction of sp³-hybridized carbons (Fsp3) is 0.143. The Labute approximate surface area is 118 Å². The topological polar surface area (TPSA) is 35.2 Å². The van der Waals surface area contributed by atoms with Crippen LogP contribution in [0.25, 0.3) is 11.1 Å². The van der Waals surface area contributed by atoms with Gasteiger partial charge in [-0.05, 0) is 35.4 Å². The highest BCUT2D eigenvalue weighted by molar-refractivity contribution is 6.30. The maximum absolute atomic E-state index is 5.98. The first kappa shape index (κ1) is 14.8. The number of nitrogens with two attached hydrogens (primary N) is 1. The molecule has 0 amide bonds. The molecule has 0 saturated carbocycles. The first-order valence-electron chi connectivity index (χ1n) is 5.37. The van der Waals surface area contributed by atoms with Crippen LogP contribution in [0, 0.1) is 0 Å². The molecule has 0 aliphatic carbocycles. The minimum atomic E-state index is 0. The molecule has 0 unspecified atom stereocenters. The fourth-order valence-electron chi connectivity index (χ4n) is 1.79. The van der Waals surface area contributed by atoms with Crippen LogP contribution in [0.4, 0.5) is 0 Å². The average molecular weight is 284 g/mol. The quantitative estimate of drug-likeness (QED) is 0.927. The van der Waals surface area contributed by atoms with Crippen LogP contribution >= 0.6 is 24.0 Å². The molecular formula is C14H15Cl2NO. The highest BCUT2D eigenvalue weighted by Crippen LogP contribution is 2.27. The zero-order chi connectivity index (χ0) is 12.3. The van der Waals surface area contributed by atoms with Crippen LogP contribution in [0.15, 0.2) is 42.5 Å². The zero-order valence-corrected chi connectivity index (χ0v) is 11.6. The molecule has 18 heavy (non-hydrogen) atoms. The second kappa shape index (κ2) is 6.64. The van der Waals surface area contributed by atoms with Gasteiger partial charge in [0.25, 0.3) is 0 Å². The van der Waals surface area contributed by atoms with E-state index in [-0.39, 0.29) is 12.4 Å². The molecule has 0 aliphatic heterocycles. The van der Waals surface area contributed by atoms with Gasteiger partial charge in [0, 0.05) is 17.1 Å². The minimum Gasteiger partial charge on any atom is -0.496 e. The number of hydrogen-bond acceptors (Lipinski definition) is 2. The molecule has 4 heteroatoms. The van der Waals surface area contributed by atoms with Crippen LogP contribution in [0.3, 0.4) is 0 Å². The van der Waals surface area contributed by atoms with Crippen LogP contribution in [0.1, 0.15) is 5.56 Å². The van der Waals surface area contributed by atoms with E-state index in [2.05, 4.69) is 0 Å². The van der Waals surface area contributed by atoms with Crippen LogP contribution in [0.5, 0.6) is 5.75 Å². The third-order valence-corrected chi connectivity index (χ3v) is 2.89. The van der Waals surface area contributed by atoms with Crippen LogP contribution in [0.2, 0.25) is 5.02 Å². The molecule has 2 N–H and O–H groups in total. The van der Waals surface area contributed by atoms with Crippen molar-refractivity contribution in [1.82, 2.24) is 0 Å². The second-order valence-electron chi connectivity index (χ2n) is 3.74. The largest absolute Gasteiger partial charge is 0.496 e. The monoisotopic (exact) mass is 283 g/mol. The van der Waals surface area contributed by atoms with Crippen molar-refractivity contribution < 1.29 is 4.74 Å². The van der Waals surface area contributed by atoms with E-state index in [0.29, 0.717) is 6.54 Å². The Morgan fingerprint density at radius 1 is 1.11 bits per heavy atom. The Morgan fingerprint density at radius 3 is 2.44 bits per heavy atom. The molecular weight excluding hydrogens is 269 g/mol. The van der Waals surface area contributed by atoms with Crippen LogP contribution in [-0.2, 0) is 6.54 Å². The summed E-state index contributed by atoms with van der Waals surface area (Å²) in [5, 5.41) is 0.729. The van der Waals surface area contributed by atoms with E-state index in [0.717, 1.165) is 27.5 Å². The molecule has 2 aromatic rings. The van der Waals surface area contributed by atoms with Gasteiger partial charge in [-0.25, -0.2) is 0 Å². The van der Waals surface area contributed by atoms with Crippen molar-refractivity contribution in [2.24, 2.45) is 5.73 Å². The summed E-state index contributed by atoms with van der Waals surface area (Å²) < 4.78 is 5.24. The van der Waals surface area contributed by atoms with E-state index in [4.69, 9.17) is 22.1 Å². The molecule has 0 spiro atoms. The van der Waals surface area contributed by atoms with Gasteiger partial charge in [0.05, 0.1) is 7.11 Å². The molecule has 0 radical (unpaired) electrons. The third-order valence-electron chi connectivity index (χ3n) is 2.66. The normalized spacial score (nSPS) is 9.72. The zero-order valence-electron chi connectivity index (χ0n) is 10.0. The Hall–Kier alpha value is -1.22. The van der Waals surface area contributed by atoms with Gasteiger partial charge in [0.15, 0.2) is 0 Å². The molecule has 0 bridgehead atoms. The van der Waals surface area contributed by atoms with Crippen molar-refractivity contribution in [3.05, 3.63) is 53.1 Å². The smallest absolute Gasteiger partial charge is 0.123 e. The van der Waals surface area contributed by atoms with Crippen LogP contribution < -0.4 is 10.5 Å². The molecule has 0 heterocycles. The highest BCUT2D eigenvalue weighted by atomic mass is 35.5. The number of methoxy groups -OCH3 is 1. The van der Waals surface area contributed by atoms with Gasteiger partial charge < -0.3 is 10.5 Å². The van der Waals surface area contributed by atoms with Crippen molar-refractivity contribution >= 4 is 24.0 Å².